The first kappa shape index (κ1) is 17.1. The van der Waals surface area contributed by atoms with Crippen molar-refractivity contribution in [1.29, 1.82) is 0 Å². The van der Waals surface area contributed by atoms with E-state index in [4.69, 9.17) is 5.11 Å². The van der Waals surface area contributed by atoms with Gasteiger partial charge in [0.25, 0.3) is 0 Å². The number of amides is 2. The molecule has 7 nitrogen and oxygen atoms in total. The number of hydrogen-bond donors (Lipinski definition) is 2. The molecule has 1 saturated heterocycles. The number of nitrogens with zero attached hydrogens (tertiary/aromatic N) is 2. The second-order valence-corrected chi connectivity index (χ2v) is 6.61. The lowest BCUT2D eigenvalue weighted by Crippen LogP contribution is -2.23. The normalized spacial score (nSPS) is 13.9. The minimum atomic E-state index is -0.959. The number of benzene rings is 1. The third-order valence-electron chi connectivity index (χ3n) is 3.82. The molecule has 0 atom stereocenters. The molecule has 25 heavy (non-hydrogen) atoms. The summed E-state index contributed by atoms with van der Waals surface area (Å²) in [6.45, 7) is 0.737. The number of carboxylic acids is 1. The Balaban J connectivity index is 1.56. The van der Waals surface area contributed by atoms with Gasteiger partial charge in [0.05, 0.1) is 18.5 Å². The Morgan fingerprint density at radius 3 is 2.64 bits per heavy atom. The van der Waals surface area contributed by atoms with Crippen molar-refractivity contribution >= 4 is 39.9 Å². The van der Waals surface area contributed by atoms with Gasteiger partial charge in [0.15, 0.2) is 5.13 Å². The first-order valence-corrected chi connectivity index (χ1v) is 8.74. The van der Waals surface area contributed by atoms with Crippen LogP contribution in [0.1, 0.15) is 24.1 Å². The van der Waals surface area contributed by atoms with Gasteiger partial charge in [0, 0.05) is 24.0 Å². The standard InChI is InChI=1S/C17H17N3O4S/c21-14(19-17-18-12(10-25-17)9-16(23)24)8-11-3-5-13(6-4-11)20-7-1-2-15(20)22/h3-6,10H,1-2,7-9H2,(H,23,24)(H,18,19,21). The van der Waals surface area contributed by atoms with E-state index in [1.165, 1.54) is 11.3 Å². The lowest BCUT2D eigenvalue weighted by Gasteiger charge is -2.15. The predicted molar refractivity (Wildman–Crippen MR) is 93.8 cm³/mol. The fourth-order valence-electron chi connectivity index (χ4n) is 2.66. The third kappa shape index (κ3) is 4.42. The van der Waals surface area contributed by atoms with Crippen molar-refractivity contribution in [3.05, 3.63) is 40.9 Å². The van der Waals surface area contributed by atoms with Gasteiger partial charge in [-0.2, -0.15) is 0 Å². The summed E-state index contributed by atoms with van der Waals surface area (Å²) >= 11 is 1.20. The molecule has 0 radical (unpaired) electrons. The van der Waals surface area contributed by atoms with E-state index in [9.17, 15) is 14.4 Å². The Bertz CT molecular complexity index is 800. The quantitative estimate of drug-likeness (QED) is 0.823. The van der Waals surface area contributed by atoms with Gasteiger partial charge in [-0.3, -0.25) is 14.4 Å². The number of carboxylic acid groups (broad SMARTS) is 1. The highest BCUT2D eigenvalue weighted by atomic mass is 32.1. The zero-order valence-corrected chi connectivity index (χ0v) is 14.2. The molecule has 3 rings (SSSR count). The molecule has 0 spiro atoms. The van der Waals surface area contributed by atoms with Gasteiger partial charge >= 0.3 is 5.97 Å². The summed E-state index contributed by atoms with van der Waals surface area (Å²) in [6.07, 6.45) is 1.48. The van der Waals surface area contributed by atoms with Crippen molar-refractivity contribution in [2.45, 2.75) is 25.7 Å². The lowest BCUT2D eigenvalue weighted by molar-refractivity contribution is -0.136. The molecule has 1 fully saturated rings. The molecule has 2 amide bonds. The highest BCUT2D eigenvalue weighted by Crippen LogP contribution is 2.22. The highest BCUT2D eigenvalue weighted by Gasteiger charge is 2.21. The first-order chi connectivity index (χ1) is 12.0. The number of thiazole rings is 1. The number of aliphatic carboxylic acids is 1. The van der Waals surface area contributed by atoms with E-state index >= 15 is 0 Å². The Kier molecular flexibility index (Phi) is 5.08. The number of anilines is 2. The van der Waals surface area contributed by atoms with Crippen LogP contribution in [0.15, 0.2) is 29.6 Å². The van der Waals surface area contributed by atoms with Crippen LogP contribution in [0.25, 0.3) is 0 Å². The first-order valence-electron chi connectivity index (χ1n) is 7.86. The Morgan fingerprint density at radius 2 is 2.00 bits per heavy atom. The van der Waals surface area contributed by atoms with E-state index in [0.717, 1.165) is 24.2 Å². The zero-order chi connectivity index (χ0) is 17.8. The van der Waals surface area contributed by atoms with Gasteiger partial charge in [-0.25, -0.2) is 4.98 Å². The summed E-state index contributed by atoms with van der Waals surface area (Å²) < 4.78 is 0. The number of carbonyl (C=O) groups excluding carboxylic acids is 2. The molecular weight excluding hydrogens is 342 g/mol. The third-order valence-corrected chi connectivity index (χ3v) is 4.62. The van der Waals surface area contributed by atoms with Gasteiger partial charge in [-0.1, -0.05) is 12.1 Å². The van der Waals surface area contributed by atoms with E-state index in [0.29, 0.717) is 17.2 Å². The van der Waals surface area contributed by atoms with E-state index in [-0.39, 0.29) is 24.7 Å². The summed E-state index contributed by atoms with van der Waals surface area (Å²) in [5, 5.41) is 13.4. The van der Waals surface area contributed by atoms with Crippen molar-refractivity contribution in [3.8, 4) is 0 Å². The van der Waals surface area contributed by atoms with Crippen LogP contribution in [-0.2, 0) is 27.2 Å². The van der Waals surface area contributed by atoms with Crippen LogP contribution < -0.4 is 10.2 Å². The summed E-state index contributed by atoms with van der Waals surface area (Å²) in [7, 11) is 0. The Labute approximate surface area is 148 Å². The predicted octanol–water partition coefficient (Wildman–Crippen LogP) is 2.08. The second kappa shape index (κ2) is 7.43. The summed E-state index contributed by atoms with van der Waals surface area (Å²) in [6, 6.07) is 7.36. The summed E-state index contributed by atoms with van der Waals surface area (Å²) in [4.78, 5) is 40.3. The minimum Gasteiger partial charge on any atom is -0.481 e. The summed E-state index contributed by atoms with van der Waals surface area (Å²) in [5.41, 5.74) is 2.10. The maximum Gasteiger partial charge on any atom is 0.309 e. The fourth-order valence-corrected chi connectivity index (χ4v) is 3.39. The molecule has 0 bridgehead atoms. The molecule has 1 aromatic heterocycles. The van der Waals surface area contributed by atoms with Crippen LogP contribution in [0.3, 0.4) is 0 Å². The van der Waals surface area contributed by atoms with E-state index in [1.54, 1.807) is 10.3 Å². The molecular formula is C17H17N3O4S. The molecule has 0 saturated carbocycles. The number of rotatable bonds is 6. The maximum atomic E-state index is 12.1. The molecule has 1 aromatic carbocycles. The zero-order valence-electron chi connectivity index (χ0n) is 13.4. The molecule has 2 aromatic rings. The van der Waals surface area contributed by atoms with Crippen LogP contribution in [0, 0.1) is 0 Å². The van der Waals surface area contributed by atoms with Crippen molar-refractivity contribution in [2.75, 3.05) is 16.8 Å². The molecule has 2 N–H and O–H groups in total. The fraction of sp³-hybridized carbons (Fsp3) is 0.294. The van der Waals surface area contributed by atoms with E-state index in [1.807, 2.05) is 24.3 Å². The SMILES string of the molecule is O=C(O)Cc1csc(NC(=O)Cc2ccc(N3CCCC3=O)cc2)n1. The van der Waals surface area contributed by atoms with Gasteiger partial charge < -0.3 is 15.3 Å². The van der Waals surface area contributed by atoms with Crippen molar-refractivity contribution < 1.29 is 19.5 Å². The lowest BCUT2D eigenvalue weighted by atomic mass is 10.1. The summed E-state index contributed by atoms with van der Waals surface area (Å²) in [5.74, 6) is -1.05. The van der Waals surface area contributed by atoms with Crippen molar-refractivity contribution in [2.24, 2.45) is 0 Å². The van der Waals surface area contributed by atoms with E-state index in [2.05, 4.69) is 10.3 Å². The molecule has 130 valence electrons. The van der Waals surface area contributed by atoms with E-state index < -0.39 is 5.97 Å². The number of aromatic nitrogens is 1. The second-order valence-electron chi connectivity index (χ2n) is 5.75. The number of carbonyl (C=O) groups is 3. The largest absolute Gasteiger partial charge is 0.481 e. The Hall–Kier alpha value is -2.74. The van der Waals surface area contributed by atoms with Gasteiger partial charge in [0.2, 0.25) is 11.8 Å². The molecule has 0 aliphatic carbocycles. The maximum absolute atomic E-state index is 12.1. The molecule has 1 aliphatic rings. The highest BCUT2D eigenvalue weighted by molar-refractivity contribution is 7.13. The van der Waals surface area contributed by atoms with Gasteiger partial charge in [-0.05, 0) is 24.1 Å². The molecule has 0 unspecified atom stereocenters. The molecule has 1 aliphatic heterocycles. The van der Waals surface area contributed by atoms with Crippen LogP contribution in [0.2, 0.25) is 0 Å². The number of nitrogens with one attached hydrogen (secondary N) is 1. The van der Waals surface area contributed by atoms with Crippen LogP contribution in [0.4, 0.5) is 10.8 Å². The monoisotopic (exact) mass is 359 g/mol. The number of hydrogen-bond acceptors (Lipinski definition) is 5. The topological polar surface area (TPSA) is 99.6 Å². The average molecular weight is 359 g/mol. The smallest absolute Gasteiger partial charge is 0.309 e. The molecule has 8 heteroatoms. The Morgan fingerprint density at radius 1 is 1.24 bits per heavy atom. The van der Waals surface area contributed by atoms with Crippen LogP contribution >= 0.6 is 11.3 Å². The minimum absolute atomic E-state index is 0.131. The van der Waals surface area contributed by atoms with Crippen LogP contribution in [-0.4, -0.2) is 34.4 Å². The van der Waals surface area contributed by atoms with Crippen molar-refractivity contribution in [1.82, 2.24) is 4.98 Å². The van der Waals surface area contributed by atoms with Gasteiger partial charge in [-0.15, -0.1) is 11.3 Å². The van der Waals surface area contributed by atoms with Crippen LogP contribution in [0.5, 0.6) is 0 Å². The average Bonchev–Trinajstić information content (AvgIpc) is 3.16. The van der Waals surface area contributed by atoms with Crippen molar-refractivity contribution in [3.63, 3.8) is 0 Å². The molecule has 2 heterocycles. The van der Waals surface area contributed by atoms with Gasteiger partial charge in [0.1, 0.15) is 0 Å².